The van der Waals surface area contributed by atoms with Gasteiger partial charge < -0.3 is 29.6 Å². The van der Waals surface area contributed by atoms with Crippen molar-refractivity contribution in [1.82, 2.24) is 14.9 Å². The van der Waals surface area contributed by atoms with E-state index in [1.54, 1.807) is 0 Å². The summed E-state index contributed by atoms with van der Waals surface area (Å²) in [5.74, 6) is -1.06. The van der Waals surface area contributed by atoms with E-state index in [1.165, 1.54) is 0 Å². The predicted octanol–water partition coefficient (Wildman–Crippen LogP) is 6.31. The van der Waals surface area contributed by atoms with Crippen LogP contribution in [0.15, 0.2) is 103 Å². The number of rotatable bonds is 12. The van der Waals surface area contributed by atoms with Crippen LogP contribution in [0.3, 0.4) is 0 Å². The third-order valence-electron chi connectivity index (χ3n) is 8.27. The van der Waals surface area contributed by atoms with Crippen LogP contribution < -0.4 is 5.32 Å². The first-order chi connectivity index (χ1) is 22.4. The largest absolute Gasteiger partial charge is 0.481 e. The predicted molar refractivity (Wildman–Crippen MR) is 173 cm³/mol. The van der Waals surface area contributed by atoms with Gasteiger partial charge in [0.05, 0.1) is 42.7 Å². The Bertz CT molecular complexity index is 1780. The minimum Gasteiger partial charge on any atom is -0.481 e. The van der Waals surface area contributed by atoms with Gasteiger partial charge in [0.2, 0.25) is 5.91 Å². The Morgan fingerprint density at radius 1 is 0.848 bits per heavy atom. The fraction of sp³-hybridized carbons (Fsp3) is 0.270. The number of aliphatic hydroxyl groups is 1. The summed E-state index contributed by atoms with van der Waals surface area (Å²) in [4.78, 5) is 27.4. The lowest BCUT2D eigenvalue weighted by atomic mass is 9.99. The van der Waals surface area contributed by atoms with Gasteiger partial charge in [-0.3, -0.25) is 9.59 Å². The van der Waals surface area contributed by atoms with Crippen LogP contribution in [0.1, 0.15) is 60.3 Å². The van der Waals surface area contributed by atoms with Crippen molar-refractivity contribution in [1.29, 1.82) is 0 Å². The van der Waals surface area contributed by atoms with Crippen molar-refractivity contribution < 1.29 is 29.3 Å². The van der Waals surface area contributed by atoms with Crippen molar-refractivity contribution >= 4 is 22.9 Å². The second-order valence-electron chi connectivity index (χ2n) is 11.6. The molecule has 0 spiro atoms. The van der Waals surface area contributed by atoms with Gasteiger partial charge in [-0.25, -0.2) is 4.98 Å². The standard InChI is InChI=1S/C37H37N3O6/c41-23-25-11-13-28(14-12-25)34-20-31(22-40-24-39-32-7-1-2-8-33(32)40)45-37(46-34)29-17-15-27(16-18-29)30-6-3-5-26(19-30)21-38-35(42)9-4-10-36(43)44/h1-3,5-8,11-19,24,31,34,37,41H,4,9-10,20-23H2,(H,38,42)(H,43,44)/t31-,34+,37+/m1/s1. The highest BCUT2D eigenvalue weighted by Gasteiger charge is 2.32. The first-order valence-electron chi connectivity index (χ1n) is 15.5. The lowest BCUT2D eigenvalue weighted by Crippen LogP contribution is -2.32. The number of hydrogen-bond donors (Lipinski definition) is 3. The molecule has 2 heterocycles. The van der Waals surface area contributed by atoms with E-state index in [0.717, 1.165) is 44.4 Å². The van der Waals surface area contributed by atoms with Crippen LogP contribution in [0.4, 0.5) is 0 Å². The highest BCUT2D eigenvalue weighted by atomic mass is 16.7. The van der Waals surface area contributed by atoms with Crippen LogP contribution in [0, 0.1) is 0 Å². The molecule has 1 saturated heterocycles. The van der Waals surface area contributed by atoms with E-state index in [2.05, 4.69) is 20.9 Å². The first-order valence-corrected chi connectivity index (χ1v) is 15.5. The van der Waals surface area contributed by atoms with Crippen LogP contribution in [-0.4, -0.2) is 37.7 Å². The monoisotopic (exact) mass is 619 g/mol. The van der Waals surface area contributed by atoms with Gasteiger partial charge in [0.15, 0.2) is 6.29 Å². The molecule has 3 atom stereocenters. The second-order valence-corrected chi connectivity index (χ2v) is 11.6. The number of amides is 1. The lowest BCUT2D eigenvalue weighted by molar-refractivity contribution is -0.252. The third kappa shape index (κ3) is 7.69. The van der Waals surface area contributed by atoms with E-state index in [9.17, 15) is 14.7 Å². The van der Waals surface area contributed by atoms with Crippen molar-refractivity contribution in [3.05, 3.63) is 126 Å². The minimum atomic E-state index is -0.899. The van der Waals surface area contributed by atoms with Crippen molar-refractivity contribution in [2.45, 2.75) is 63.9 Å². The molecule has 46 heavy (non-hydrogen) atoms. The number of aliphatic carboxylic acids is 1. The Balaban J connectivity index is 1.17. The SMILES string of the molecule is O=C(O)CCCC(=O)NCc1cccc(-c2ccc([C@H]3O[C@@H](Cn4cnc5ccccc54)C[C@@H](c4ccc(CO)cc4)O3)cc2)c1. The molecule has 236 valence electrons. The molecule has 0 radical (unpaired) electrons. The van der Waals surface area contributed by atoms with E-state index < -0.39 is 12.3 Å². The molecule has 1 fully saturated rings. The van der Waals surface area contributed by atoms with Crippen molar-refractivity contribution in [2.24, 2.45) is 0 Å². The van der Waals surface area contributed by atoms with E-state index in [1.807, 2.05) is 97.3 Å². The molecule has 5 aromatic rings. The number of nitrogens with one attached hydrogen (secondary N) is 1. The Morgan fingerprint density at radius 2 is 1.63 bits per heavy atom. The fourth-order valence-electron chi connectivity index (χ4n) is 5.79. The molecule has 0 aliphatic carbocycles. The van der Waals surface area contributed by atoms with Crippen molar-refractivity contribution in [2.75, 3.05) is 0 Å². The number of carboxylic acids is 1. The van der Waals surface area contributed by atoms with Gasteiger partial charge in [-0.15, -0.1) is 0 Å². The molecule has 0 unspecified atom stereocenters. The number of aliphatic hydroxyl groups excluding tert-OH is 1. The highest BCUT2D eigenvalue weighted by molar-refractivity contribution is 5.77. The Labute approximate surface area is 267 Å². The van der Waals surface area contributed by atoms with Gasteiger partial charge in [0, 0.05) is 31.4 Å². The molecular formula is C37H37N3O6. The molecule has 0 saturated carbocycles. The summed E-state index contributed by atoms with van der Waals surface area (Å²) in [5, 5.41) is 21.2. The van der Waals surface area contributed by atoms with Crippen LogP contribution in [0.25, 0.3) is 22.2 Å². The first kappa shape index (κ1) is 31.2. The van der Waals surface area contributed by atoms with Crippen LogP contribution in [0.5, 0.6) is 0 Å². The molecule has 1 aliphatic heterocycles. The molecule has 3 N–H and O–H groups in total. The number of benzene rings is 4. The van der Waals surface area contributed by atoms with Crippen molar-refractivity contribution in [3.63, 3.8) is 0 Å². The van der Waals surface area contributed by atoms with Crippen LogP contribution in [-0.2, 0) is 38.8 Å². The van der Waals surface area contributed by atoms with Gasteiger partial charge in [0.1, 0.15) is 0 Å². The van der Waals surface area contributed by atoms with Gasteiger partial charge >= 0.3 is 5.97 Å². The zero-order valence-corrected chi connectivity index (χ0v) is 25.4. The number of carbonyl (C=O) groups excluding carboxylic acids is 1. The number of nitrogens with zero attached hydrogens (tertiary/aromatic N) is 2. The maximum Gasteiger partial charge on any atom is 0.303 e. The second kappa shape index (κ2) is 14.5. The number of ether oxygens (including phenoxy) is 2. The minimum absolute atomic E-state index is 0.00758. The molecule has 4 aromatic carbocycles. The lowest BCUT2D eigenvalue weighted by Gasteiger charge is -2.36. The van der Waals surface area contributed by atoms with Gasteiger partial charge in [0.25, 0.3) is 0 Å². The molecule has 0 bridgehead atoms. The zero-order valence-electron chi connectivity index (χ0n) is 25.4. The third-order valence-corrected chi connectivity index (χ3v) is 8.27. The molecule has 1 amide bonds. The summed E-state index contributed by atoms with van der Waals surface area (Å²) in [6, 6.07) is 32.1. The van der Waals surface area contributed by atoms with Gasteiger partial charge in [-0.05, 0) is 52.4 Å². The molecule has 9 nitrogen and oxygen atoms in total. The van der Waals surface area contributed by atoms with Gasteiger partial charge in [-0.2, -0.15) is 0 Å². The maximum absolute atomic E-state index is 12.1. The number of fused-ring (bicyclic) bond motifs is 1. The normalized spacial score (nSPS) is 18.0. The summed E-state index contributed by atoms with van der Waals surface area (Å²) in [6.07, 6.45) is 2.12. The number of hydrogen-bond acceptors (Lipinski definition) is 6. The molecule has 9 heteroatoms. The smallest absolute Gasteiger partial charge is 0.303 e. The topological polar surface area (TPSA) is 123 Å². The van der Waals surface area contributed by atoms with Crippen LogP contribution >= 0.6 is 0 Å². The van der Waals surface area contributed by atoms with Crippen molar-refractivity contribution in [3.8, 4) is 11.1 Å². The Hall–Kier alpha value is -4.83. The average Bonchev–Trinajstić information content (AvgIpc) is 3.49. The molecule has 6 rings (SSSR count). The number of aromatic nitrogens is 2. The summed E-state index contributed by atoms with van der Waals surface area (Å²) in [7, 11) is 0. The zero-order chi connectivity index (χ0) is 31.9. The Morgan fingerprint density at radius 3 is 2.41 bits per heavy atom. The van der Waals surface area contributed by atoms with Gasteiger partial charge in [-0.1, -0.05) is 78.9 Å². The van der Waals surface area contributed by atoms with E-state index in [0.29, 0.717) is 25.9 Å². The molecular weight excluding hydrogens is 582 g/mol. The number of carboxylic acid groups (broad SMARTS) is 1. The number of para-hydroxylation sites is 2. The van der Waals surface area contributed by atoms with E-state index in [-0.39, 0.29) is 37.6 Å². The fourth-order valence-corrected chi connectivity index (χ4v) is 5.79. The summed E-state index contributed by atoms with van der Waals surface area (Å²) in [6.45, 7) is 0.995. The summed E-state index contributed by atoms with van der Waals surface area (Å²) >= 11 is 0. The summed E-state index contributed by atoms with van der Waals surface area (Å²) < 4.78 is 15.2. The Kier molecular flexibility index (Phi) is 9.83. The number of carbonyl (C=O) groups is 2. The summed E-state index contributed by atoms with van der Waals surface area (Å²) in [5.41, 5.74) is 7.79. The number of imidazole rings is 1. The average molecular weight is 620 g/mol. The quantitative estimate of drug-likeness (QED) is 0.150. The maximum atomic E-state index is 12.1. The molecule has 1 aromatic heterocycles. The van der Waals surface area contributed by atoms with Crippen LogP contribution in [0.2, 0.25) is 0 Å². The van der Waals surface area contributed by atoms with E-state index >= 15 is 0 Å². The highest BCUT2D eigenvalue weighted by Crippen LogP contribution is 2.39. The molecule has 1 aliphatic rings. The van der Waals surface area contributed by atoms with E-state index in [4.69, 9.17) is 14.6 Å².